The maximum atomic E-state index is 0. The summed E-state index contributed by atoms with van der Waals surface area (Å²) in [6, 6.07) is 0. The van der Waals surface area contributed by atoms with E-state index in [1.54, 1.807) is 0 Å². The van der Waals surface area contributed by atoms with Crippen molar-refractivity contribution in [3.8, 4) is 0 Å². The van der Waals surface area contributed by atoms with Crippen molar-refractivity contribution in [2.45, 2.75) is 0 Å². The van der Waals surface area contributed by atoms with E-state index in [1.165, 1.54) is 0 Å². The van der Waals surface area contributed by atoms with Crippen molar-refractivity contribution in [2.24, 2.45) is 0 Å². The van der Waals surface area contributed by atoms with Gasteiger partial charge in [-0.1, -0.05) is 0 Å². The maximum absolute atomic E-state index is 0. The van der Waals surface area contributed by atoms with Crippen LogP contribution in [-0.2, 0) is 0 Å². The molecule has 0 saturated carbocycles. The molecule has 0 aromatic carbocycles. The number of rotatable bonds is 0. The summed E-state index contributed by atoms with van der Waals surface area (Å²) in [5, 5.41) is 0. The van der Waals surface area contributed by atoms with Gasteiger partial charge in [0.05, 0.1) is 0 Å². The van der Waals surface area contributed by atoms with Crippen LogP contribution in [-0.4, -0.2) is 63.8 Å². The molecule has 0 fully saturated rings. The molecule has 32 valence electrons. The standard InChI is InChI=1S/3GeH4.H4Si/h4*1H4. The minimum absolute atomic E-state index is 0. The van der Waals surface area contributed by atoms with Crippen LogP contribution < -0.4 is 0 Å². The van der Waals surface area contributed by atoms with Gasteiger partial charge in [0.2, 0.25) is 0 Å². The van der Waals surface area contributed by atoms with Crippen LogP contribution in [0.2, 0.25) is 0 Å². The fourth-order valence-corrected chi connectivity index (χ4v) is 0. The first kappa shape index (κ1) is 40.3. The third kappa shape index (κ3) is 9.14. The molecular formula is H16Ge3Si. The molecule has 0 unspecified atom stereocenters. The molecule has 0 bridgehead atoms. The van der Waals surface area contributed by atoms with Crippen LogP contribution in [0.3, 0.4) is 0 Å². The molecule has 0 amide bonds. The SMILES string of the molecule is [GeH4].[GeH4].[GeH4].[SiH4]. The predicted molar refractivity (Wildman–Crippen MR) is 45.3 cm³/mol. The van der Waals surface area contributed by atoms with Crippen LogP contribution in [0.1, 0.15) is 0 Å². The van der Waals surface area contributed by atoms with Gasteiger partial charge in [-0.15, -0.1) is 0 Å². The Morgan fingerprint density at radius 1 is 0.500 bits per heavy atom. The summed E-state index contributed by atoms with van der Waals surface area (Å²) in [4.78, 5) is 0. The second kappa shape index (κ2) is 21.0. The van der Waals surface area contributed by atoms with E-state index < -0.39 is 0 Å². The summed E-state index contributed by atoms with van der Waals surface area (Å²) < 4.78 is 0. The van der Waals surface area contributed by atoms with Crippen molar-refractivity contribution in [2.75, 3.05) is 0 Å². The quantitative estimate of drug-likeness (QED) is 0.382. The molecule has 4 heavy (non-hydrogen) atoms. The average Bonchev–Trinajstić information content (AvgIpc) is 0. The molecular weight excluding hydrogens is 246 g/mol. The molecule has 0 rings (SSSR count). The molecule has 0 atom stereocenters. The van der Waals surface area contributed by atoms with Crippen LogP contribution in [0.15, 0.2) is 0 Å². The molecule has 0 saturated heterocycles. The van der Waals surface area contributed by atoms with Crippen LogP contribution in [0, 0.1) is 0 Å². The monoisotopic (exact) mass is 266 g/mol. The van der Waals surface area contributed by atoms with E-state index in [1.807, 2.05) is 0 Å². The van der Waals surface area contributed by atoms with Crippen LogP contribution in [0.4, 0.5) is 0 Å². The minimum Gasteiger partial charge on any atom is -0.0149 e. The molecule has 0 nitrogen and oxygen atoms in total. The van der Waals surface area contributed by atoms with Crippen LogP contribution >= 0.6 is 0 Å². The molecule has 0 aromatic rings. The van der Waals surface area contributed by atoms with E-state index >= 15 is 0 Å². The van der Waals surface area contributed by atoms with E-state index in [9.17, 15) is 0 Å². The molecule has 0 aliphatic heterocycles. The van der Waals surface area contributed by atoms with Crippen molar-refractivity contribution < 1.29 is 0 Å². The van der Waals surface area contributed by atoms with Crippen molar-refractivity contribution in [3.63, 3.8) is 0 Å². The molecule has 0 aromatic heterocycles. The van der Waals surface area contributed by atoms with Gasteiger partial charge in [-0.3, -0.25) is 0 Å². The topological polar surface area (TPSA) is 0 Å². The summed E-state index contributed by atoms with van der Waals surface area (Å²) in [6.07, 6.45) is 0. The van der Waals surface area contributed by atoms with Gasteiger partial charge in [0.15, 0.2) is 0 Å². The van der Waals surface area contributed by atoms with E-state index in [0.29, 0.717) is 0 Å². The fourth-order valence-electron chi connectivity index (χ4n) is 0. The Morgan fingerprint density at radius 2 is 0.500 bits per heavy atom. The summed E-state index contributed by atoms with van der Waals surface area (Å²) in [6.45, 7) is 0. The second-order valence-corrected chi connectivity index (χ2v) is 0. The Bertz CT molecular complexity index is 3.25. The third-order valence-electron chi connectivity index (χ3n) is 0. The third-order valence-corrected chi connectivity index (χ3v) is 0. The smallest absolute Gasteiger partial charge is 0.0149 e. The Hall–Kier alpha value is 1.85. The van der Waals surface area contributed by atoms with Gasteiger partial charge in [-0.05, 0) is 11.0 Å². The molecule has 0 radical (unpaired) electrons. The molecule has 0 aliphatic carbocycles. The summed E-state index contributed by atoms with van der Waals surface area (Å²) in [5.74, 6) is 0. The zero-order valence-electron chi connectivity index (χ0n) is 0. The van der Waals surface area contributed by atoms with Crippen molar-refractivity contribution in [1.82, 2.24) is 0 Å². The molecule has 4 heteroatoms. The van der Waals surface area contributed by atoms with Gasteiger partial charge in [-0.25, -0.2) is 0 Å². The van der Waals surface area contributed by atoms with Crippen LogP contribution in [0.25, 0.3) is 0 Å². The largest absolute Gasteiger partial charge is 0.0149 e. The zero-order chi connectivity index (χ0) is 0. The normalized spacial score (nSPS) is 0. The van der Waals surface area contributed by atoms with Gasteiger partial charge in [-0.2, -0.15) is 0 Å². The fraction of sp³-hybridized carbons (Fsp3) is 0. The first-order chi connectivity index (χ1) is 0. The van der Waals surface area contributed by atoms with Gasteiger partial charge < -0.3 is 0 Å². The molecule has 0 N–H and O–H groups in total. The molecule has 0 heterocycles. The number of hydrogen-bond donors (Lipinski definition) is 0. The van der Waals surface area contributed by atoms with Crippen molar-refractivity contribution >= 4 is 63.8 Å². The van der Waals surface area contributed by atoms with Crippen molar-refractivity contribution in [1.29, 1.82) is 0 Å². The van der Waals surface area contributed by atoms with Crippen molar-refractivity contribution in [3.05, 3.63) is 0 Å². The molecule has 0 spiro atoms. The van der Waals surface area contributed by atoms with E-state index in [0.717, 1.165) is 0 Å². The van der Waals surface area contributed by atoms with Gasteiger partial charge >= 0.3 is 52.8 Å². The Kier molecular flexibility index (Phi) is 212. The van der Waals surface area contributed by atoms with E-state index in [4.69, 9.17) is 0 Å². The van der Waals surface area contributed by atoms with Gasteiger partial charge in [0, 0.05) is 0 Å². The number of hydrogen-bond acceptors (Lipinski definition) is 0. The predicted octanol–water partition coefficient (Wildman–Crippen LogP) is -5.81. The molecule has 0 aliphatic rings. The average molecular weight is 262 g/mol. The van der Waals surface area contributed by atoms with Gasteiger partial charge in [0.25, 0.3) is 0 Å². The first-order valence-corrected chi connectivity index (χ1v) is 0. The first-order valence-electron chi connectivity index (χ1n) is 0. The van der Waals surface area contributed by atoms with Crippen LogP contribution in [0.5, 0.6) is 0 Å². The van der Waals surface area contributed by atoms with E-state index in [2.05, 4.69) is 0 Å². The Balaban J connectivity index is 0. The summed E-state index contributed by atoms with van der Waals surface area (Å²) >= 11 is 0. The Labute approximate surface area is 63.4 Å². The second-order valence-electron chi connectivity index (χ2n) is 0. The minimum atomic E-state index is 0. The van der Waals surface area contributed by atoms with Gasteiger partial charge in [0.1, 0.15) is 0 Å². The van der Waals surface area contributed by atoms with E-state index in [-0.39, 0.29) is 63.8 Å². The zero-order valence-corrected chi connectivity index (χ0v) is 0. The maximum Gasteiger partial charge on any atom is -0.0149 e. The summed E-state index contributed by atoms with van der Waals surface area (Å²) in [7, 11) is 0. The Morgan fingerprint density at radius 3 is 0.500 bits per heavy atom. The summed E-state index contributed by atoms with van der Waals surface area (Å²) in [5.41, 5.74) is 0.